The average molecular weight is 401 g/mol. The molecule has 130 valence electrons. The van der Waals surface area contributed by atoms with Crippen LogP contribution in [-0.4, -0.2) is 16.0 Å². The van der Waals surface area contributed by atoms with E-state index in [1.165, 1.54) is 23.9 Å². The topological polar surface area (TPSA) is 17.8 Å². The molecular weight excluding hydrogens is 381 g/mol. The van der Waals surface area contributed by atoms with Gasteiger partial charge in [-0.2, -0.15) is 18.3 Å². The molecular formula is C18H20BrF3N2. The van der Waals surface area contributed by atoms with Crippen molar-refractivity contribution < 1.29 is 13.2 Å². The van der Waals surface area contributed by atoms with Crippen LogP contribution in [-0.2, 0) is 6.54 Å². The van der Waals surface area contributed by atoms with Gasteiger partial charge in [-0.05, 0) is 62.6 Å². The highest BCUT2D eigenvalue weighted by atomic mass is 79.9. The van der Waals surface area contributed by atoms with Gasteiger partial charge in [-0.1, -0.05) is 15.9 Å². The first-order chi connectivity index (χ1) is 11.4. The number of halogens is 4. The lowest BCUT2D eigenvalue weighted by atomic mass is 9.81. The molecule has 2 fully saturated rings. The Hall–Kier alpha value is -1.04. The molecule has 0 spiro atoms. The quantitative estimate of drug-likeness (QED) is 0.613. The van der Waals surface area contributed by atoms with E-state index >= 15 is 0 Å². The Morgan fingerprint density at radius 3 is 2.42 bits per heavy atom. The van der Waals surface area contributed by atoms with Crippen molar-refractivity contribution in [2.45, 2.75) is 57.2 Å². The Balaban J connectivity index is 1.54. The fraction of sp³-hybridized carbons (Fsp3) is 0.611. The van der Waals surface area contributed by atoms with Crippen molar-refractivity contribution >= 4 is 26.8 Å². The second-order valence-corrected chi connectivity index (χ2v) is 8.18. The predicted octanol–water partition coefficient (Wildman–Crippen LogP) is 6.04. The average Bonchev–Trinajstić information content (AvgIpc) is 3.31. The zero-order valence-electron chi connectivity index (χ0n) is 13.3. The molecule has 1 aromatic heterocycles. The van der Waals surface area contributed by atoms with Crippen LogP contribution in [0.25, 0.3) is 10.9 Å². The molecule has 0 radical (unpaired) electrons. The minimum atomic E-state index is -4.03. The summed E-state index contributed by atoms with van der Waals surface area (Å²) in [6.07, 6.45) is 0.140. The molecule has 0 N–H and O–H groups in total. The number of alkyl halides is 3. The summed E-state index contributed by atoms with van der Waals surface area (Å²) in [6.45, 7) is 0.726. The van der Waals surface area contributed by atoms with E-state index in [1.807, 2.05) is 10.7 Å². The zero-order chi connectivity index (χ0) is 16.9. The molecule has 1 aromatic carbocycles. The maximum absolute atomic E-state index is 12.8. The number of benzene rings is 1. The van der Waals surface area contributed by atoms with E-state index in [1.54, 1.807) is 0 Å². The number of hydrogen-bond acceptors (Lipinski definition) is 1. The lowest BCUT2D eigenvalue weighted by Gasteiger charge is -2.29. The Morgan fingerprint density at radius 1 is 1.08 bits per heavy atom. The molecule has 0 atom stereocenters. The van der Waals surface area contributed by atoms with Gasteiger partial charge in [0.1, 0.15) is 0 Å². The maximum Gasteiger partial charge on any atom is 0.391 e. The van der Waals surface area contributed by atoms with Crippen LogP contribution in [0.4, 0.5) is 13.2 Å². The lowest BCUT2D eigenvalue weighted by molar-refractivity contribution is -0.184. The van der Waals surface area contributed by atoms with E-state index in [2.05, 4.69) is 28.1 Å². The van der Waals surface area contributed by atoms with Crippen molar-refractivity contribution in [2.24, 2.45) is 11.8 Å². The van der Waals surface area contributed by atoms with Crippen LogP contribution in [0.5, 0.6) is 0 Å². The summed E-state index contributed by atoms with van der Waals surface area (Å²) in [5.74, 6) is -0.257. The third-order valence-electron chi connectivity index (χ3n) is 5.45. The SMILES string of the molecule is FC(F)(F)C1CCC(Cn2nc(C3CC3)c3ccc(Br)cc32)CC1. The third-order valence-corrected chi connectivity index (χ3v) is 5.94. The molecule has 24 heavy (non-hydrogen) atoms. The summed E-state index contributed by atoms with van der Waals surface area (Å²) in [5.41, 5.74) is 2.27. The van der Waals surface area contributed by atoms with Crippen LogP contribution in [0.2, 0.25) is 0 Å². The molecule has 2 saturated carbocycles. The molecule has 0 saturated heterocycles. The molecule has 0 bridgehead atoms. The fourth-order valence-electron chi connectivity index (χ4n) is 3.89. The number of rotatable bonds is 3. The van der Waals surface area contributed by atoms with Crippen LogP contribution in [0.3, 0.4) is 0 Å². The normalized spacial score (nSPS) is 25.3. The molecule has 2 nitrogen and oxygen atoms in total. The second-order valence-electron chi connectivity index (χ2n) is 7.26. The first-order valence-electron chi connectivity index (χ1n) is 8.64. The third kappa shape index (κ3) is 3.22. The van der Waals surface area contributed by atoms with Gasteiger partial charge in [0.05, 0.1) is 17.1 Å². The van der Waals surface area contributed by atoms with Crippen molar-refractivity contribution in [1.29, 1.82) is 0 Å². The van der Waals surface area contributed by atoms with Gasteiger partial charge in [-0.25, -0.2) is 0 Å². The molecule has 2 aliphatic rings. The standard InChI is InChI=1S/C18H20BrF3N2/c19-14-7-8-15-16(9-14)24(23-17(15)12-3-4-12)10-11-1-5-13(6-2-11)18(20,21)22/h7-9,11-13H,1-6,10H2. The molecule has 2 aliphatic carbocycles. The number of fused-ring (bicyclic) bond motifs is 1. The van der Waals surface area contributed by atoms with Gasteiger partial charge in [-0.15, -0.1) is 0 Å². The highest BCUT2D eigenvalue weighted by Crippen LogP contribution is 2.44. The van der Waals surface area contributed by atoms with Gasteiger partial charge in [0.25, 0.3) is 0 Å². The van der Waals surface area contributed by atoms with Gasteiger partial charge in [0.2, 0.25) is 0 Å². The van der Waals surface area contributed by atoms with Crippen molar-refractivity contribution in [1.82, 2.24) is 9.78 Å². The summed E-state index contributed by atoms with van der Waals surface area (Å²) in [5, 5.41) is 6.03. The Morgan fingerprint density at radius 2 is 1.79 bits per heavy atom. The summed E-state index contributed by atoms with van der Waals surface area (Å²) >= 11 is 3.52. The molecule has 0 amide bonds. The zero-order valence-corrected chi connectivity index (χ0v) is 14.9. The molecule has 4 rings (SSSR count). The highest BCUT2D eigenvalue weighted by Gasteiger charge is 2.41. The van der Waals surface area contributed by atoms with E-state index in [9.17, 15) is 13.2 Å². The minimum absolute atomic E-state index is 0.256. The summed E-state index contributed by atoms with van der Waals surface area (Å²) < 4.78 is 41.5. The molecule has 6 heteroatoms. The number of hydrogen-bond donors (Lipinski definition) is 0. The number of aromatic nitrogens is 2. The van der Waals surface area contributed by atoms with Crippen LogP contribution >= 0.6 is 15.9 Å². The van der Waals surface area contributed by atoms with Crippen LogP contribution in [0.15, 0.2) is 22.7 Å². The van der Waals surface area contributed by atoms with Crippen LogP contribution < -0.4 is 0 Å². The van der Waals surface area contributed by atoms with Gasteiger partial charge in [0, 0.05) is 22.3 Å². The monoisotopic (exact) mass is 400 g/mol. The van der Waals surface area contributed by atoms with Crippen molar-refractivity contribution in [2.75, 3.05) is 0 Å². The van der Waals surface area contributed by atoms with Crippen molar-refractivity contribution in [3.8, 4) is 0 Å². The second kappa shape index (κ2) is 6.04. The van der Waals surface area contributed by atoms with E-state index in [0.29, 0.717) is 18.8 Å². The minimum Gasteiger partial charge on any atom is -0.264 e. The smallest absolute Gasteiger partial charge is 0.264 e. The van der Waals surface area contributed by atoms with E-state index < -0.39 is 12.1 Å². The first-order valence-corrected chi connectivity index (χ1v) is 9.44. The van der Waals surface area contributed by atoms with Crippen LogP contribution in [0.1, 0.15) is 50.1 Å². The predicted molar refractivity (Wildman–Crippen MR) is 90.9 cm³/mol. The van der Waals surface area contributed by atoms with E-state index in [-0.39, 0.29) is 18.8 Å². The number of nitrogens with zero attached hydrogens (tertiary/aromatic N) is 2. The van der Waals surface area contributed by atoms with Crippen molar-refractivity contribution in [3.05, 3.63) is 28.4 Å². The summed E-state index contributed by atoms with van der Waals surface area (Å²) in [7, 11) is 0. The van der Waals surface area contributed by atoms with Gasteiger partial charge >= 0.3 is 6.18 Å². The Kier molecular flexibility index (Phi) is 4.14. The summed E-state index contributed by atoms with van der Waals surface area (Å²) in [4.78, 5) is 0. The lowest BCUT2D eigenvalue weighted by Crippen LogP contribution is -2.29. The van der Waals surface area contributed by atoms with Gasteiger partial charge in [0.15, 0.2) is 0 Å². The Labute approximate surface area is 147 Å². The summed E-state index contributed by atoms with van der Waals surface area (Å²) in [6, 6.07) is 6.22. The van der Waals surface area contributed by atoms with Crippen molar-refractivity contribution in [3.63, 3.8) is 0 Å². The maximum atomic E-state index is 12.8. The van der Waals surface area contributed by atoms with Gasteiger partial charge in [-0.3, -0.25) is 4.68 Å². The molecule has 2 aromatic rings. The highest BCUT2D eigenvalue weighted by molar-refractivity contribution is 9.10. The first kappa shape index (κ1) is 16.4. The molecule has 0 aliphatic heterocycles. The van der Waals surface area contributed by atoms with Gasteiger partial charge < -0.3 is 0 Å². The Bertz CT molecular complexity index is 741. The molecule has 0 unspecified atom stereocenters. The van der Waals surface area contributed by atoms with E-state index in [4.69, 9.17) is 5.10 Å². The van der Waals surface area contributed by atoms with E-state index in [0.717, 1.165) is 16.5 Å². The van der Waals surface area contributed by atoms with Crippen LogP contribution in [0, 0.1) is 11.8 Å². The largest absolute Gasteiger partial charge is 0.391 e. The molecule has 1 heterocycles. The fourth-order valence-corrected chi connectivity index (χ4v) is 4.24.